The third-order valence-electron chi connectivity index (χ3n) is 1.95. The molecule has 0 aliphatic heterocycles. The molecule has 2 N–H and O–H groups in total. The third kappa shape index (κ3) is 3.66. The summed E-state index contributed by atoms with van der Waals surface area (Å²) in [5.41, 5.74) is 6.10. The molecular formula is C10H13ClF2N2O. The van der Waals surface area contributed by atoms with Crippen molar-refractivity contribution in [2.24, 2.45) is 0 Å². The number of benzene rings is 1. The van der Waals surface area contributed by atoms with Gasteiger partial charge in [-0.15, -0.1) is 12.4 Å². The Balaban J connectivity index is 0.00000225. The Bertz CT molecular complexity index is 360. The van der Waals surface area contributed by atoms with Crippen LogP contribution in [0.2, 0.25) is 0 Å². The molecule has 0 radical (unpaired) electrons. The monoisotopic (exact) mass is 250 g/mol. The molecule has 0 atom stereocenters. The maximum absolute atomic E-state index is 12.0. The number of carbonyl (C=O) groups is 1. The van der Waals surface area contributed by atoms with E-state index in [9.17, 15) is 13.6 Å². The number of hydrogen-bond donors (Lipinski definition) is 1. The first-order valence-corrected chi connectivity index (χ1v) is 4.40. The van der Waals surface area contributed by atoms with E-state index in [0.29, 0.717) is 5.69 Å². The minimum atomic E-state index is -2.54. The number of anilines is 1. The molecule has 1 rings (SSSR count). The molecule has 16 heavy (non-hydrogen) atoms. The lowest BCUT2D eigenvalue weighted by Crippen LogP contribution is -2.31. The third-order valence-corrected chi connectivity index (χ3v) is 1.95. The second-order valence-corrected chi connectivity index (χ2v) is 3.16. The highest BCUT2D eigenvalue weighted by Crippen LogP contribution is 2.13. The molecular weight excluding hydrogens is 238 g/mol. The van der Waals surface area contributed by atoms with Crippen LogP contribution in [0.1, 0.15) is 10.4 Å². The van der Waals surface area contributed by atoms with Gasteiger partial charge < -0.3 is 10.6 Å². The summed E-state index contributed by atoms with van der Waals surface area (Å²) in [6, 6.07) is 6.39. The molecule has 0 heterocycles. The van der Waals surface area contributed by atoms with Gasteiger partial charge >= 0.3 is 0 Å². The molecule has 1 amide bonds. The van der Waals surface area contributed by atoms with E-state index >= 15 is 0 Å². The van der Waals surface area contributed by atoms with E-state index in [1.165, 1.54) is 13.1 Å². The van der Waals surface area contributed by atoms with Crippen molar-refractivity contribution in [3.8, 4) is 0 Å². The number of alkyl halides is 2. The average Bonchev–Trinajstić information content (AvgIpc) is 2.16. The Labute approximate surface area is 98.6 Å². The minimum absolute atomic E-state index is 0. The van der Waals surface area contributed by atoms with Crippen molar-refractivity contribution in [1.82, 2.24) is 4.90 Å². The normalized spacial score (nSPS) is 9.75. The predicted octanol–water partition coefficient (Wildman–Crippen LogP) is 2.03. The summed E-state index contributed by atoms with van der Waals surface area (Å²) >= 11 is 0. The van der Waals surface area contributed by atoms with E-state index in [-0.39, 0.29) is 18.0 Å². The molecule has 1 aromatic rings. The predicted molar refractivity (Wildman–Crippen MR) is 61.1 cm³/mol. The summed E-state index contributed by atoms with van der Waals surface area (Å²) in [6.45, 7) is -0.590. The van der Waals surface area contributed by atoms with Crippen molar-refractivity contribution in [3.05, 3.63) is 29.8 Å². The van der Waals surface area contributed by atoms with Gasteiger partial charge in [0.15, 0.2) is 0 Å². The number of rotatable bonds is 3. The van der Waals surface area contributed by atoms with Crippen LogP contribution in [0.25, 0.3) is 0 Å². The van der Waals surface area contributed by atoms with Crippen LogP contribution >= 0.6 is 12.4 Å². The number of nitrogens with two attached hydrogens (primary N) is 1. The van der Waals surface area contributed by atoms with E-state index < -0.39 is 18.9 Å². The van der Waals surface area contributed by atoms with E-state index in [1.807, 2.05) is 0 Å². The number of carbonyl (C=O) groups excluding carboxylic acids is 1. The molecule has 0 fully saturated rings. The first kappa shape index (κ1) is 14.6. The summed E-state index contributed by atoms with van der Waals surface area (Å²) in [4.78, 5) is 12.6. The summed E-state index contributed by atoms with van der Waals surface area (Å²) in [5, 5.41) is 0. The molecule has 0 saturated heterocycles. The lowest BCUT2D eigenvalue weighted by molar-refractivity contribution is 0.0621. The van der Waals surface area contributed by atoms with Gasteiger partial charge in [0.05, 0.1) is 12.1 Å². The van der Waals surface area contributed by atoms with Gasteiger partial charge in [-0.1, -0.05) is 12.1 Å². The number of para-hydroxylation sites is 1. The number of hydrogen-bond acceptors (Lipinski definition) is 2. The van der Waals surface area contributed by atoms with Crippen LogP contribution in [-0.2, 0) is 0 Å². The fraction of sp³-hybridized carbons (Fsp3) is 0.300. The Morgan fingerprint density at radius 1 is 1.44 bits per heavy atom. The molecule has 0 spiro atoms. The fourth-order valence-corrected chi connectivity index (χ4v) is 1.19. The molecule has 90 valence electrons. The number of amides is 1. The van der Waals surface area contributed by atoms with Crippen molar-refractivity contribution in [3.63, 3.8) is 0 Å². The zero-order valence-electron chi connectivity index (χ0n) is 8.69. The Morgan fingerprint density at radius 2 is 2.00 bits per heavy atom. The van der Waals surface area contributed by atoms with Gasteiger partial charge in [0.1, 0.15) is 0 Å². The molecule has 3 nitrogen and oxygen atoms in total. The van der Waals surface area contributed by atoms with Crippen molar-refractivity contribution in [2.75, 3.05) is 19.3 Å². The first-order chi connectivity index (χ1) is 7.02. The lowest BCUT2D eigenvalue weighted by atomic mass is 10.1. The molecule has 0 saturated carbocycles. The number of nitrogen functional groups attached to an aromatic ring is 1. The topological polar surface area (TPSA) is 46.3 Å². The van der Waals surface area contributed by atoms with Gasteiger partial charge in [0.25, 0.3) is 12.3 Å². The van der Waals surface area contributed by atoms with Crippen LogP contribution in [0.5, 0.6) is 0 Å². The molecule has 0 aliphatic rings. The molecule has 0 aromatic heterocycles. The van der Waals surface area contributed by atoms with E-state index in [0.717, 1.165) is 4.90 Å². The zero-order chi connectivity index (χ0) is 11.4. The van der Waals surface area contributed by atoms with Crippen molar-refractivity contribution < 1.29 is 13.6 Å². The van der Waals surface area contributed by atoms with Gasteiger partial charge in [0, 0.05) is 12.7 Å². The van der Waals surface area contributed by atoms with Gasteiger partial charge in [-0.05, 0) is 12.1 Å². The summed E-state index contributed by atoms with van der Waals surface area (Å²) < 4.78 is 24.1. The van der Waals surface area contributed by atoms with Crippen LogP contribution in [-0.4, -0.2) is 30.8 Å². The Hall–Kier alpha value is -1.36. The molecule has 0 aliphatic carbocycles. The molecule has 1 aromatic carbocycles. The second-order valence-electron chi connectivity index (χ2n) is 3.16. The maximum Gasteiger partial charge on any atom is 0.255 e. The Kier molecular flexibility index (Phi) is 5.74. The largest absolute Gasteiger partial charge is 0.398 e. The van der Waals surface area contributed by atoms with E-state index in [2.05, 4.69) is 0 Å². The standard InChI is InChI=1S/C10H12F2N2O.ClH/c1-14(6-9(11)12)10(15)7-4-2-3-5-8(7)13;/h2-5,9H,6,13H2,1H3;1H. The van der Waals surface area contributed by atoms with E-state index in [4.69, 9.17) is 5.73 Å². The maximum atomic E-state index is 12.0. The second kappa shape index (κ2) is 6.27. The van der Waals surface area contributed by atoms with Crippen LogP contribution < -0.4 is 5.73 Å². The highest BCUT2D eigenvalue weighted by atomic mass is 35.5. The van der Waals surface area contributed by atoms with Crippen molar-refractivity contribution >= 4 is 24.0 Å². The van der Waals surface area contributed by atoms with E-state index in [1.54, 1.807) is 18.2 Å². The SMILES string of the molecule is CN(CC(F)F)C(=O)c1ccccc1N.Cl. The minimum Gasteiger partial charge on any atom is -0.398 e. The smallest absolute Gasteiger partial charge is 0.255 e. The van der Waals surface area contributed by atoms with Gasteiger partial charge in [0.2, 0.25) is 0 Å². The average molecular weight is 251 g/mol. The van der Waals surface area contributed by atoms with Gasteiger partial charge in [-0.2, -0.15) is 0 Å². The van der Waals surface area contributed by atoms with Crippen molar-refractivity contribution in [1.29, 1.82) is 0 Å². The van der Waals surface area contributed by atoms with Crippen LogP contribution in [0.4, 0.5) is 14.5 Å². The van der Waals surface area contributed by atoms with Gasteiger partial charge in [-0.25, -0.2) is 8.78 Å². The van der Waals surface area contributed by atoms with Gasteiger partial charge in [-0.3, -0.25) is 4.79 Å². The quantitative estimate of drug-likeness (QED) is 0.835. The summed E-state index contributed by atoms with van der Waals surface area (Å²) in [5.74, 6) is -0.492. The van der Waals surface area contributed by atoms with Crippen molar-refractivity contribution in [2.45, 2.75) is 6.43 Å². The first-order valence-electron chi connectivity index (χ1n) is 4.40. The molecule has 0 bridgehead atoms. The highest BCUT2D eigenvalue weighted by molar-refractivity contribution is 5.98. The zero-order valence-corrected chi connectivity index (χ0v) is 9.51. The lowest BCUT2D eigenvalue weighted by Gasteiger charge is -2.17. The number of nitrogens with zero attached hydrogens (tertiary/aromatic N) is 1. The summed E-state index contributed by atoms with van der Waals surface area (Å²) in [7, 11) is 1.32. The Morgan fingerprint density at radius 3 is 2.50 bits per heavy atom. The summed E-state index contributed by atoms with van der Waals surface area (Å²) in [6.07, 6.45) is -2.54. The van der Waals surface area contributed by atoms with Crippen LogP contribution in [0.15, 0.2) is 24.3 Å². The van der Waals surface area contributed by atoms with Crippen LogP contribution in [0, 0.1) is 0 Å². The number of halogens is 3. The molecule has 6 heteroatoms. The fourth-order valence-electron chi connectivity index (χ4n) is 1.19. The molecule has 0 unspecified atom stereocenters. The highest BCUT2D eigenvalue weighted by Gasteiger charge is 2.17. The van der Waals surface area contributed by atoms with Crippen LogP contribution in [0.3, 0.4) is 0 Å².